The molecule has 0 bridgehead atoms. The van der Waals surface area contributed by atoms with E-state index >= 15 is 0 Å². The molecule has 0 aromatic heterocycles. The third-order valence-corrected chi connectivity index (χ3v) is 1.86. The standard InChI is InChI=1S/C11H15O2/c1-3-9-5-10(8-12)7-11(6-9)13-4-2/h5-8,12H,3-4H2,1-2H3. The van der Waals surface area contributed by atoms with Crippen LogP contribution in [-0.2, 0) is 6.42 Å². The third-order valence-electron chi connectivity index (χ3n) is 1.86. The number of benzene rings is 1. The minimum absolute atomic E-state index is 0.651. The Kier molecular flexibility index (Phi) is 3.77. The van der Waals surface area contributed by atoms with Gasteiger partial charge in [-0.05, 0) is 36.6 Å². The summed E-state index contributed by atoms with van der Waals surface area (Å²) in [6.45, 7) is 5.77. The lowest BCUT2D eigenvalue weighted by Gasteiger charge is -2.07. The smallest absolute Gasteiger partial charge is 0.119 e. The number of rotatable bonds is 4. The normalized spacial score (nSPS) is 10.1. The summed E-state index contributed by atoms with van der Waals surface area (Å²) in [6.07, 6.45) is 0.946. The molecule has 0 spiro atoms. The predicted octanol–water partition coefficient (Wildman–Crippen LogP) is 2.53. The van der Waals surface area contributed by atoms with Crippen LogP contribution in [0.4, 0.5) is 0 Å². The van der Waals surface area contributed by atoms with Crippen LogP contribution in [0.5, 0.6) is 5.75 Å². The molecule has 0 aliphatic heterocycles. The number of aliphatic hydroxyl groups excluding tert-OH is 1. The molecule has 1 aromatic carbocycles. The maximum atomic E-state index is 8.87. The topological polar surface area (TPSA) is 29.5 Å². The fourth-order valence-corrected chi connectivity index (χ4v) is 1.21. The van der Waals surface area contributed by atoms with Crippen LogP contribution in [-0.4, -0.2) is 11.7 Å². The summed E-state index contributed by atoms with van der Waals surface area (Å²) >= 11 is 0. The highest BCUT2D eigenvalue weighted by molar-refractivity contribution is 5.36. The van der Waals surface area contributed by atoms with Gasteiger partial charge in [-0.3, -0.25) is 0 Å². The Morgan fingerprint density at radius 1 is 1.31 bits per heavy atom. The van der Waals surface area contributed by atoms with E-state index in [1.54, 1.807) is 0 Å². The van der Waals surface area contributed by atoms with Crippen molar-refractivity contribution in [1.82, 2.24) is 0 Å². The van der Waals surface area contributed by atoms with Gasteiger partial charge in [0.2, 0.25) is 0 Å². The Labute approximate surface area is 79.2 Å². The summed E-state index contributed by atoms with van der Waals surface area (Å²) in [5.41, 5.74) is 1.97. The monoisotopic (exact) mass is 179 g/mol. The molecule has 0 aliphatic carbocycles. The Hall–Kier alpha value is -1.02. The molecule has 71 valence electrons. The summed E-state index contributed by atoms with van der Waals surface area (Å²) in [5.74, 6) is 0.821. The van der Waals surface area contributed by atoms with Gasteiger partial charge >= 0.3 is 0 Å². The summed E-state index contributed by atoms with van der Waals surface area (Å²) in [5, 5.41) is 8.87. The summed E-state index contributed by atoms with van der Waals surface area (Å²) in [6, 6.07) is 5.77. The number of aryl methyl sites for hydroxylation is 1. The van der Waals surface area contributed by atoms with Gasteiger partial charge in [0, 0.05) is 0 Å². The third kappa shape index (κ3) is 2.74. The molecule has 0 saturated carbocycles. The lowest BCUT2D eigenvalue weighted by atomic mass is 10.1. The van der Waals surface area contributed by atoms with Crippen LogP contribution in [0.25, 0.3) is 0 Å². The second-order valence-electron chi connectivity index (χ2n) is 2.83. The van der Waals surface area contributed by atoms with E-state index in [1.165, 1.54) is 5.56 Å². The molecular formula is C11H15O2. The first-order chi connectivity index (χ1) is 6.30. The minimum Gasteiger partial charge on any atom is -0.494 e. The Morgan fingerprint density at radius 3 is 2.62 bits per heavy atom. The minimum atomic E-state index is 0.651. The summed E-state index contributed by atoms with van der Waals surface area (Å²) < 4.78 is 5.36. The predicted molar refractivity (Wildman–Crippen MR) is 52.3 cm³/mol. The van der Waals surface area contributed by atoms with Gasteiger partial charge in [0.05, 0.1) is 6.61 Å². The van der Waals surface area contributed by atoms with Crippen molar-refractivity contribution in [2.45, 2.75) is 20.3 Å². The van der Waals surface area contributed by atoms with E-state index < -0.39 is 0 Å². The van der Waals surface area contributed by atoms with Gasteiger partial charge in [-0.1, -0.05) is 13.0 Å². The van der Waals surface area contributed by atoms with Crippen LogP contribution in [0.1, 0.15) is 25.0 Å². The van der Waals surface area contributed by atoms with E-state index in [2.05, 4.69) is 6.92 Å². The van der Waals surface area contributed by atoms with Crippen LogP contribution in [0.3, 0.4) is 0 Å². The van der Waals surface area contributed by atoms with Gasteiger partial charge in [0.25, 0.3) is 0 Å². The number of hydrogen-bond acceptors (Lipinski definition) is 2. The zero-order chi connectivity index (χ0) is 9.68. The fraction of sp³-hybridized carbons (Fsp3) is 0.364. The van der Waals surface area contributed by atoms with Crippen molar-refractivity contribution in [3.05, 3.63) is 35.9 Å². The van der Waals surface area contributed by atoms with Crippen LogP contribution in [0.15, 0.2) is 18.2 Å². The molecule has 0 atom stereocenters. The van der Waals surface area contributed by atoms with Crippen LogP contribution in [0.2, 0.25) is 0 Å². The molecule has 1 aromatic rings. The highest BCUT2D eigenvalue weighted by Crippen LogP contribution is 2.18. The van der Waals surface area contributed by atoms with Gasteiger partial charge in [-0.2, -0.15) is 0 Å². The number of hydrogen-bond donors (Lipinski definition) is 1. The number of ether oxygens (including phenoxy) is 1. The highest BCUT2D eigenvalue weighted by atomic mass is 16.5. The van der Waals surface area contributed by atoms with Crippen LogP contribution < -0.4 is 4.74 Å². The molecule has 0 unspecified atom stereocenters. The van der Waals surface area contributed by atoms with E-state index in [0.717, 1.165) is 24.3 Å². The van der Waals surface area contributed by atoms with Crippen molar-refractivity contribution in [2.24, 2.45) is 0 Å². The Balaban J connectivity index is 2.93. The van der Waals surface area contributed by atoms with Crippen LogP contribution in [0, 0.1) is 6.61 Å². The quantitative estimate of drug-likeness (QED) is 0.769. The summed E-state index contributed by atoms with van der Waals surface area (Å²) in [4.78, 5) is 0. The fourth-order valence-electron chi connectivity index (χ4n) is 1.21. The largest absolute Gasteiger partial charge is 0.494 e. The van der Waals surface area contributed by atoms with Gasteiger partial charge < -0.3 is 9.84 Å². The van der Waals surface area contributed by atoms with Crippen molar-refractivity contribution < 1.29 is 9.84 Å². The average Bonchev–Trinajstić information content (AvgIpc) is 2.17. The second kappa shape index (κ2) is 4.87. The van der Waals surface area contributed by atoms with Crippen molar-refractivity contribution in [3.8, 4) is 5.75 Å². The van der Waals surface area contributed by atoms with E-state index in [4.69, 9.17) is 9.84 Å². The molecule has 0 amide bonds. The Morgan fingerprint density at radius 2 is 2.08 bits per heavy atom. The second-order valence-corrected chi connectivity index (χ2v) is 2.83. The first-order valence-electron chi connectivity index (χ1n) is 4.54. The van der Waals surface area contributed by atoms with Crippen molar-refractivity contribution in [2.75, 3.05) is 6.61 Å². The molecule has 13 heavy (non-hydrogen) atoms. The van der Waals surface area contributed by atoms with Gasteiger partial charge in [0.15, 0.2) is 0 Å². The van der Waals surface area contributed by atoms with Crippen LogP contribution >= 0.6 is 0 Å². The number of aliphatic hydroxyl groups is 1. The maximum absolute atomic E-state index is 8.87. The van der Waals surface area contributed by atoms with E-state index in [9.17, 15) is 0 Å². The SMILES string of the molecule is CCOc1cc([CH]O)cc(CC)c1. The lowest BCUT2D eigenvalue weighted by molar-refractivity contribution is 0.338. The molecule has 0 aliphatic rings. The van der Waals surface area contributed by atoms with Crippen molar-refractivity contribution in [1.29, 1.82) is 0 Å². The van der Waals surface area contributed by atoms with Gasteiger partial charge in [-0.15, -0.1) is 0 Å². The zero-order valence-electron chi connectivity index (χ0n) is 8.08. The highest BCUT2D eigenvalue weighted by Gasteiger charge is 1.99. The molecule has 0 heterocycles. The zero-order valence-corrected chi connectivity index (χ0v) is 8.08. The molecule has 1 rings (SSSR count). The molecule has 1 radical (unpaired) electrons. The van der Waals surface area contributed by atoms with E-state index in [0.29, 0.717) is 6.61 Å². The molecule has 0 fully saturated rings. The molecule has 2 nitrogen and oxygen atoms in total. The first kappa shape index (κ1) is 10.1. The molecule has 2 heteroatoms. The maximum Gasteiger partial charge on any atom is 0.119 e. The van der Waals surface area contributed by atoms with E-state index in [1.807, 2.05) is 25.1 Å². The lowest BCUT2D eigenvalue weighted by Crippen LogP contribution is -1.94. The molecule has 1 N–H and O–H groups in total. The van der Waals surface area contributed by atoms with Gasteiger partial charge in [0.1, 0.15) is 12.4 Å². The average molecular weight is 179 g/mol. The van der Waals surface area contributed by atoms with Crippen molar-refractivity contribution >= 4 is 0 Å². The Bertz CT molecular complexity index is 247. The van der Waals surface area contributed by atoms with Gasteiger partial charge in [-0.25, -0.2) is 0 Å². The first-order valence-corrected chi connectivity index (χ1v) is 4.54. The molecular weight excluding hydrogens is 164 g/mol. The molecule has 0 saturated heterocycles. The van der Waals surface area contributed by atoms with E-state index in [-0.39, 0.29) is 0 Å². The summed E-state index contributed by atoms with van der Waals surface area (Å²) in [7, 11) is 0. The van der Waals surface area contributed by atoms with Crippen molar-refractivity contribution in [3.63, 3.8) is 0 Å².